The van der Waals surface area contributed by atoms with Crippen LogP contribution >= 0.6 is 0 Å². The minimum atomic E-state index is 0.331. The van der Waals surface area contributed by atoms with Crippen molar-refractivity contribution in [2.24, 2.45) is 0 Å². The number of carbonyl (C=O) groups excluding carboxylic acids is 1. The van der Waals surface area contributed by atoms with E-state index in [1.807, 2.05) is 18.4 Å². The molecular weight excluding hydrogens is 194 g/mol. The van der Waals surface area contributed by atoms with Gasteiger partial charge in [-0.05, 0) is 24.9 Å². The van der Waals surface area contributed by atoms with Crippen molar-refractivity contribution in [1.82, 2.24) is 16.1 Å². The molecule has 0 saturated heterocycles. The van der Waals surface area contributed by atoms with Crippen LogP contribution in [0.5, 0.6) is 0 Å². The standard InChI is InChI=1S/C10H17N3O2/c1-2-11-7-5-8-12-6-3-4-9-13-15-10-14/h2,4-5,8-13H,1,3,6-7H2. The predicted molar refractivity (Wildman–Crippen MR) is 59.4 cm³/mol. The first-order chi connectivity index (χ1) is 7.41. The van der Waals surface area contributed by atoms with Crippen molar-refractivity contribution in [2.45, 2.75) is 6.42 Å². The van der Waals surface area contributed by atoms with Crippen LogP contribution in [0.2, 0.25) is 0 Å². The van der Waals surface area contributed by atoms with Crippen LogP contribution in [0.3, 0.4) is 0 Å². The molecule has 0 rings (SSSR count). The minimum absolute atomic E-state index is 0.331. The molecule has 3 N–H and O–H groups in total. The van der Waals surface area contributed by atoms with Crippen LogP contribution in [0.15, 0.2) is 37.3 Å². The first-order valence-electron chi connectivity index (χ1n) is 4.64. The molecule has 0 spiro atoms. The lowest BCUT2D eigenvalue weighted by Crippen LogP contribution is -2.09. The third kappa shape index (κ3) is 12.1. The Bertz CT molecular complexity index is 193. The van der Waals surface area contributed by atoms with Crippen LogP contribution in [0, 0.1) is 0 Å². The molecule has 0 saturated carbocycles. The summed E-state index contributed by atoms with van der Waals surface area (Å²) in [5.74, 6) is 0. The molecule has 5 heteroatoms. The van der Waals surface area contributed by atoms with Gasteiger partial charge in [-0.15, -0.1) is 0 Å². The van der Waals surface area contributed by atoms with Crippen LogP contribution in [-0.4, -0.2) is 19.6 Å². The Morgan fingerprint density at radius 2 is 2.07 bits per heavy atom. The summed E-state index contributed by atoms with van der Waals surface area (Å²) in [6, 6.07) is 0. The molecule has 0 aliphatic heterocycles. The zero-order valence-electron chi connectivity index (χ0n) is 8.61. The van der Waals surface area contributed by atoms with Crippen LogP contribution < -0.4 is 16.1 Å². The van der Waals surface area contributed by atoms with E-state index in [0.717, 1.165) is 19.5 Å². The average molecular weight is 211 g/mol. The van der Waals surface area contributed by atoms with Crippen molar-refractivity contribution in [3.63, 3.8) is 0 Å². The van der Waals surface area contributed by atoms with E-state index in [1.165, 1.54) is 0 Å². The maximum Gasteiger partial charge on any atom is 0.320 e. The Hall–Kier alpha value is -1.91. The first kappa shape index (κ1) is 13.1. The van der Waals surface area contributed by atoms with Gasteiger partial charge >= 0.3 is 6.47 Å². The third-order valence-electron chi connectivity index (χ3n) is 1.37. The van der Waals surface area contributed by atoms with Gasteiger partial charge in [-0.25, -0.2) is 5.48 Å². The van der Waals surface area contributed by atoms with Gasteiger partial charge in [0.15, 0.2) is 0 Å². The highest BCUT2D eigenvalue weighted by molar-refractivity contribution is 5.36. The smallest absolute Gasteiger partial charge is 0.320 e. The molecule has 0 aliphatic rings. The second-order valence-corrected chi connectivity index (χ2v) is 2.49. The molecule has 0 bridgehead atoms. The molecule has 15 heavy (non-hydrogen) atoms. The van der Waals surface area contributed by atoms with Crippen molar-refractivity contribution in [1.29, 1.82) is 0 Å². The van der Waals surface area contributed by atoms with E-state index >= 15 is 0 Å². The highest BCUT2D eigenvalue weighted by Gasteiger charge is 1.78. The summed E-state index contributed by atoms with van der Waals surface area (Å²) in [6.07, 6.45) is 9.74. The summed E-state index contributed by atoms with van der Waals surface area (Å²) in [7, 11) is 0. The second-order valence-electron chi connectivity index (χ2n) is 2.49. The number of nitrogens with one attached hydrogen (secondary N) is 3. The molecule has 0 heterocycles. The van der Waals surface area contributed by atoms with Crippen LogP contribution in [0.4, 0.5) is 0 Å². The Morgan fingerprint density at radius 3 is 2.80 bits per heavy atom. The number of carbonyl (C=O) groups is 1. The maximum atomic E-state index is 9.71. The van der Waals surface area contributed by atoms with Gasteiger partial charge in [-0.1, -0.05) is 12.7 Å². The number of hydroxylamine groups is 1. The van der Waals surface area contributed by atoms with Gasteiger partial charge in [0, 0.05) is 19.3 Å². The molecule has 0 atom stereocenters. The molecule has 0 aromatic heterocycles. The summed E-state index contributed by atoms with van der Waals surface area (Å²) in [5.41, 5.74) is 2.34. The molecule has 5 nitrogen and oxygen atoms in total. The van der Waals surface area contributed by atoms with E-state index in [-0.39, 0.29) is 0 Å². The van der Waals surface area contributed by atoms with Crippen molar-refractivity contribution in [2.75, 3.05) is 13.1 Å². The molecular formula is C10H17N3O2. The zero-order valence-corrected chi connectivity index (χ0v) is 8.61. The second kappa shape index (κ2) is 12.1. The molecule has 0 amide bonds. The first-order valence-corrected chi connectivity index (χ1v) is 4.64. The van der Waals surface area contributed by atoms with Gasteiger partial charge < -0.3 is 15.5 Å². The third-order valence-corrected chi connectivity index (χ3v) is 1.37. The quantitative estimate of drug-likeness (QED) is 0.277. The summed E-state index contributed by atoms with van der Waals surface area (Å²) in [6.45, 7) is 5.44. The minimum Gasteiger partial charge on any atom is -0.391 e. The molecule has 0 radical (unpaired) electrons. The lowest BCUT2D eigenvalue weighted by molar-refractivity contribution is -0.133. The highest BCUT2D eigenvalue weighted by Crippen LogP contribution is 1.78. The normalized spacial score (nSPS) is 10.1. The Balaban J connectivity index is 3.16. The lowest BCUT2D eigenvalue weighted by atomic mass is 10.4. The molecule has 0 fully saturated rings. The van der Waals surface area contributed by atoms with Gasteiger partial charge in [0.25, 0.3) is 0 Å². The summed E-state index contributed by atoms with van der Waals surface area (Å²) in [4.78, 5) is 13.9. The molecule has 84 valence electrons. The monoisotopic (exact) mass is 211 g/mol. The highest BCUT2D eigenvalue weighted by atomic mass is 16.7. The van der Waals surface area contributed by atoms with Gasteiger partial charge in [-0.3, -0.25) is 4.79 Å². The van der Waals surface area contributed by atoms with Gasteiger partial charge in [-0.2, -0.15) is 0 Å². The van der Waals surface area contributed by atoms with E-state index < -0.39 is 0 Å². The number of hydrogen-bond donors (Lipinski definition) is 3. The Labute approximate surface area is 89.8 Å². The molecule has 0 aromatic carbocycles. The van der Waals surface area contributed by atoms with Crippen LogP contribution in [-0.2, 0) is 9.63 Å². The topological polar surface area (TPSA) is 62.4 Å². The van der Waals surface area contributed by atoms with E-state index in [2.05, 4.69) is 27.5 Å². The number of hydrogen-bond acceptors (Lipinski definition) is 5. The molecule has 0 aliphatic carbocycles. The summed E-state index contributed by atoms with van der Waals surface area (Å²) < 4.78 is 0. The number of rotatable bonds is 10. The fraction of sp³-hybridized carbons (Fsp3) is 0.300. The summed E-state index contributed by atoms with van der Waals surface area (Å²) >= 11 is 0. The fourth-order valence-corrected chi connectivity index (χ4v) is 0.742. The predicted octanol–water partition coefficient (Wildman–Crippen LogP) is 0.404. The fourth-order valence-electron chi connectivity index (χ4n) is 0.742. The largest absolute Gasteiger partial charge is 0.391 e. The van der Waals surface area contributed by atoms with Crippen molar-refractivity contribution < 1.29 is 9.63 Å². The molecule has 0 unspecified atom stereocenters. The van der Waals surface area contributed by atoms with Crippen molar-refractivity contribution in [3.8, 4) is 0 Å². The Kier molecular flexibility index (Phi) is 10.6. The van der Waals surface area contributed by atoms with Crippen LogP contribution in [0.1, 0.15) is 6.42 Å². The van der Waals surface area contributed by atoms with E-state index in [4.69, 9.17) is 0 Å². The van der Waals surface area contributed by atoms with Crippen molar-refractivity contribution in [3.05, 3.63) is 37.3 Å². The van der Waals surface area contributed by atoms with Gasteiger partial charge in [0.2, 0.25) is 0 Å². The SMILES string of the molecule is C=CNCC=CNCCC=CNOC=O. The van der Waals surface area contributed by atoms with Crippen molar-refractivity contribution >= 4 is 6.47 Å². The van der Waals surface area contributed by atoms with Gasteiger partial charge in [0.05, 0.1) is 0 Å². The average Bonchev–Trinajstić information content (AvgIpc) is 2.26. The van der Waals surface area contributed by atoms with E-state index in [9.17, 15) is 4.79 Å². The zero-order chi connectivity index (χ0) is 11.2. The molecule has 0 aromatic rings. The lowest BCUT2D eigenvalue weighted by Gasteiger charge is -1.97. The Morgan fingerprint density at radius 1 is 1.20 bits per heavy atom. The van der Waals surface area contributed by atoms with E-state index in [0.29, 0.717) is 6.47 Å². The summed E-state index contributed by atoms with van der Waals surface area (Å²) in [5, 5.41) is 6.03. The van der Waals surface area contributed by atoms with E-state index in [1.54, 1.807) is 12.4 Å². The van der Waals surface area contributed by atoms with Crippen LogP contribution in [0.25, 0.3) is 0 Å². The van der Waals surface area contributed by atoms with Gasteiger partial charge in [0.1, 0.15) is 0 Å². The maximum absolute atomic E-state index is 9.71.